The van der Waals surface area contributed by atoms with Crippen LogP contribution in [0.3, 0.4) is 0 Å². The van der Waals surface area contributed by atoms with E-state index in [1.165, 1.54) is 49.5 Å². The van der Waals surface area contributed by atoms with Gasteiger partial charge in [-0.25, -0.2) is 4.90 Å². The van der Waals surface area contributed by atoms with Gasteiger partial charge < -0.3 is 4.74 Å². The Kier molecular flexibility index (Phi) is 6.38. The third kappa shape index (κ3) is 4.57. The molecule has 2 aliphatic heterocycles. The Balaban J connectivity index is 1.34. The third-order valence-electron chi connectivity index (χ3n) is 7.24. The van der Waals surface area contributed by atoms with Crippen molar-refractivity contribution in [2.24, 2.45) is 0 Å². The van der Waals surface area contributed by atoms with Gasteiger partial charge in [-0.15, -0.1) is 0 Å². The van der Waals surface area contributed by atoms with Crippen molar-refractivity contribution < 1.29 is 50.3 Å². The summed E-state index contributed by atoms with van der Waals surface area (Å²) in [7, 11) is 1.33. The fraction of sp³-hybridized carbons (Fsp3) is 0.0968. The summed E-state index contributed by atoms with van der Waals surface area (Å²) in [5.74, 6) is -2.76. The molecule has 6 rings (SSSR count). The van der Waals surface area contributed by atoms with Crippen LogP contribution in [-0.4, -0.2) is 35.6 Å². The summed E-state index contributed by atoms with van der Waals surface area (Å²) in [4.78, 5) is 52.3. The second kappa shape index (κ2) is 9.79. The molecule has 0 bridgehead atoms. The van der Waals surface area contributed by atoms with Gasteiger partial charge in [0.1, 0.15) is 11.5 Å². The van der Waals surface area contributed by atoms with E-state index < -0.39 is 63.9 Å². The van der Waals surface area contributed by atoms with E-state index in [4.69, 9.17) is 4.74 Å². The second-order valence-corrected chi connectivity index (χ2v) is 9.90. The number of alkyl halides is 6. The summed E-state index contributed by atoms with van der Waals surface area (Å²) < 4.78 is 89.0. The Bertz CT molecular complexity index is 1930. The first-order chi connectivity index (χ1) is 20.7. The number of anilines is 1. The molecule has 0 saturated heterocycles. The summed E-state index contributed by atoms with van der Waals surface area (Å²) in [5, 5.41) is 0. The van der Waals surface area contributed by atoms with E-state index in [-0.39, 0.29) is 33.8 Å². The van der Waals surface area contributed by atoms with Crippen molar-refractivity contribution in [3.05, 3.63) is 112 Å². The summed E-state index contributed by atoms with van der Waals surface area (Å²) in [6, 6.07) is 13.9. The number of hydrogen-bond donors (Lipinski definition) is 0. The Morgan fingerprint density at radius 2 is 1.00 bits per heavy atom. The zero-order valence-corrected chi connectivity index (χ0v) is 22.2. The van der Waals surface area contributed by atoms with Gasteiger partial charge in [0.25, 0.3) is 23.6 Å². The molecule has 0 atom stereocenters. The molecule has 0 aromatic heterocycles. The van der Waals surface area contributed by atoms with Crippen LogP contribution in [0.2, 0.25) is 0 Å². The molecule has 0 N–H and O–H groups in total. The molecule has 0 radical (unpaired) electrons. The van der Waals surface area contributed by atoms with Gasteiger partial charge in [0, 0.05) is 7.05 Å². The van der Waals surface area contributed by atoms with Gasteiger partial charge in [0.15, 0.2) is 0 Å². The van der Waals surface area contributed by atoms with Gasteiger partial charge >= 0.3 is 12.4 Å². The molecule has 222 valence electrons. The van der Waals surface area contributed by atoms with Crippen molar-refractivity contribution in [2.75, 3.05) is 11.9 Å². The largest absolute Gasteiger partial charge is 0.457 e. The molecule has 0 aliphatic carbocycles. The van der Waals surface area contributed by atoms with Gasteiger partial charge in [-0.1, -0.05) is 24.3 Å². The molecule has 0 fully saturated rings. The Labute approximate surface area is 243 Å². The molecule has 4 aromatic carbocycles. The number of benzene rings is 4. The summed E-state index contributed by atoms with van der Waals surface area (Å²) in [6.07, 6.45) is -10.1. The predicted molar refractivity (Wildman–Crippen MR) is 142 cm³/mol. The lowest BCUT2D eigenvalue weighted by Gasteiger charge is -2.21. The van der Waals surface area contributed by atoms with E-state index in [1.54, 1.807) is 0 Å². The fourth-order valence-electron chi connectivity index (χ4n) is 5.16. The van der Waals surface area contributed by atoms with Crippen LogP contribution in [0, 0.1) is 0 Å². The van der Waals surface area contributed by atoms with Crippen molar-refractivity contribution in [3.8, 4) is 22.6 Å². The van der Waals surface area contributed by atoms with Crippen molar-refractivity contribution >= 4 is 29.3 Å². The molecule has 0 unspecified atom stereocenters. The number of amides is 4. The van der Waals surface area contributed by atoms with Gasteiger partial charge in [0.2, 0.25) is 0 Å². The molecule has 13 heteroatoms. The second-order valence-electron chi connectivity index (χ2n) is 9.90. The monoisotopic (exact) mass is 610 g/mol. The van der Waals surface area contributed by atoms with E-state index in [0.29, 0.717) is 17.0 Å². The van der Waals surface area contributed by atoms with E-state index in [1.807, 2.05) is 0 Å². The minimum Gasteiger partial charge on any atom is -0.457 e. The van der Waals surface area contributed by atoms with Crippen molar-refractivity contribution in [1.29, 1.82) is 0 Å². The number of nitrogens with zero attached hydrogens (tertiary/aromatic N) is 2. The number of imide groups is 2. The molecule has 4 aromatic rings. The lowest BCUT2D eigenvalue weighted by Crippen LogP contribution is -2.29. The average molecular weight is 610 g/mol. The van der Waals surface area contributed by atoms with Gasteiger partial charge in [-0.05, 0) is 65.7 Å². The first kappa shape index (κ1) is 28.6. The first-order valence-electron chi connectivity index (χ1n) is 12.7. The zero-order valence-electron chi connectivity index (χ0n) is 22.2. The third-order valence-corrected chi connectivity index (χ3v) is 7.24. The van der Waals surface area contributed by atoms with Crippen molar-refractivity contribution in [3.63, 3.8) is 0 Å². The minimum absolute atomic E-state index is 0.0481. The van der Waals surface area contributed by atoms with Crippen LogP contribution in [-0.2, 0) is 12.4 Å². The molecule has 2 heterocycles. The standard InChI is InChI=1S/C31H16F6N2O5/c1-38-26(40)20-10-7-16(13-22(20)27(38)41)44-17-8-11-21-23(14-17)29(43)39(28(21)42)15-6-9-19(25(12-15)31(35,36)37)18-4-2-3-5-24(18)30(32,33)34/h2-14H,1H3. The summed E-state index contributed by atoms with van der Waals surface area (Å²) in [5.41, 5.74) is -4.78. The summed E-state index contributed by atoms with van der Waals surface area (Å²) in [6.45, 7) is 0. The van der Waals surface area contributed by atoms with Crippen molar-refractivity contribution in [1.82, 2.24) is 4.90 Å². The van der Waals surface area contributed by atoms with E-state index in [2.05, 4.69) is 0 Å². The maximum absolute atomic E-state index is 14.2. The number of carbonyl (C=O) groups is 4. The quantitative estimate of drug-likeness (QED) is 0.180. The lowest BCUT2D eigenvalue weighted by molar-refractivity contribution is -0.139. The maximum atomic E-state index is 14.2. The number of hydrogen-bond acceptors (Lipinski definition) is 5. The molecule has 44 heavy (non-hydrogen) atoms. The van der Waals surface area contributed by atoms with Crippen LogP contribution < -0.4 is 9.64 Å². The zero-order chi connectivity index (χ0) is 31.7. The SMILES string of the molecule is CN1C(=O)c2ccc(Oc3ccc4c(c3)C(=O)N(c3ccc(-c5ccccc5C(F)(F)F)c(C(F)(F)F)c3)C4=O)cc2C1=O. The lowest BCUT2D eigenvalue weighted by atomic mass is 9.94. The van der Waals surface area contributed by atoms with Crippen molar-refractivity contribution in [2.45, 2.75) is 12.4 Å². The maximum Gasteiger partial charge on any atom is 0.417 e. The molecule has 0 saturated carbocycles. The van der Waals surface area contributed by atoms with Crippen LogP contribution in [0.1, 0.15) is 52.6 Å². The van der Waals surface area contributed by atoms with Gasteiger partial charge in [0.05, 0.1) is 39.1 Å². The minimum atomic E-state index is -5.14. The number of rotatable bonds is 4. The van der Waals surface area contributed by atoms with Gasteiger partial charge in [-0.2, -0.15) is 26.3 Å². The van der Waals surface area contributed by atoms with Crippen LogP contribution in [0.25, 0.3) is 11.1 Å². The highest BCUT2D eigenvalue weighted by molar-refractivity contribution is 6.34. The predicted octanol–water partition coefficient (Wildman–Crippen LogP) is 7.21. The van der Waals surface area contributed by atoms with Crippen LogP contribution in [0.5, 0.6) is 11.5 Å². The van der Waals surface area contributed by atoms with Gasteiger partial charge in [-0.3, -0.25) is 24.1 Å². The fourth-order valence-corrected chi connectivity index (χ4v) is 5.16. The summed E-state index contributed by atoms with van der Waals surface area (Å²) >= 11 is 0. The Hall–Kier alpha value is -5.46. The molecular weight excluding hydrogens is 594 g/mol. The molecular formula is C31H16F6N2O5. The van der Waals surface area contributed by atoms with Crippen LogP contribution >= 0.6 is 0 Å². The highest BCUT2D eigenvalue weighted by Gasteiger charge is 2.41. The van der Waals surface area contributed by atoms with E-state index in [0.717, 1.165) is 29.2 Å². The van der Waals surface area contributed by atoms with E-state index >= 15 is 0 Å². The molecule has 0 spiro atoms. The molecule has 7 nitrogen and oxygen atoms in total. The van der Waals surface area contributed by atoms with E-state index in [9.17, 15) is 45.5 Å². The molecule has 4 amide bonds. The number of halogens is 6. The topological polar surface area (TPSA) is 84.0 Å². The normalized spacial score (nSPS) is 14.8. The average Bonchev–Trinajstić information content (AvgIpc) is 3.35. The molecule has 2 aliphatic rings. The van der Waals surface area contributed by atoms with Crippen LogP contribution in [0.15, 0.2) is 78.9 Å². The Morgan fingerprint density at radius 3 is 1.61 bits per heavy atom. The van der Waals surface area contributed by atoms with Crippen LogP contribution in [0.4, 0.5) is 32.0 Å². The number of carbonyl (C=O) groups excluding carboxylic acids is 4. The number of ether oxygens (including phenoxy) is 1. The first-order valence-corrected chi connectivity index (χ1v) is 12.7. The highest BCUT2D eigenvalue weighted by atomic mass is 19.4. The smallest absolute Gasteiger partial charge is 0.417 e. The highest BCUT2D eigenvalue weighted by Crippen LogP contribution is 2.44. The number of fused-ring (bicyclic) bond motifs is 2. The Morgan fingerprint density at radius 1 is 0.523 bits per heavy atom.